The molecule has 1 amide bonds. The van der Waals surface area contributed by atoms with Crippen molar-refractivity contribution in [3.63, 3.8) is 0 Å². The molecule has 2 N–H and O–H groups in total. The maximum absolute atomic E-state index is 12.1. The van der Waals surface area contributed by atoms with Gasteiger partial charge < -0.3 is 25.0 Å². The number of rotatable bonds is 5. The lowest BCUT2D eigenvalue weighted by Crippen LogP contribution is -2.29. The largest absolute Gasteiger partial charge is 0.369 e. The molecule has 1 saturated heterocycles. The van der Waals surface area contributed by atoms with Gasteiger partial charge in [-0.2, -0.15) is 0 Å². The first kappa shape index (κ1) is 16.6. The fourth-order valence-corrected chi connectivity index (χ4v) is 3.09. The summed E-state index contributed by atoms with van der Waals surface area (Å²) in [6.45, 7) is 2.01. The van der Waals surface area contributed by atoms with Gasteiger partial charge >= 0.3 is 0 Å². The fourth-order valence-electron chi connectivity index (χ4n) is 3.09. The van der Waals surface area contributed by atoms with Crippen molar-refractivity contribution in [2.24, 2.45) is 0 Å². The van der Waals surface area contributed by atoms with Crippen molar-refractivity contribution >= 4 is 28.5 Å². The number of nitrogens with zero attached hydrogens (tertiary/aromatic N) is 1. The third-order valence-electron chi connectivity index (χ3n) is 4.52. The van der Waals surface area contributed by atoms with Gasteiger partial charge in [0.05, 0.1) is 25.3 Å². The van der Waals surface area contributed by atoms with E-state index in [4.69, 9.17) is 9.47 Å². The Morgan fingerprint density at radius 3 is 2.65 bits per heavy atom. The molecule has 134 valence electrons. The van der Waals surface area contributed by atoms with Gasteiger partial charge in [0.2, 0.25) is 0 Å². The van der Waals surface area contributed by atoms with Gasteiger partial charge in [0.25, 0.3) is 5.91 Å². The van der Waals surface area contributed by atoms with Crippen LogP contribution in [0.15, 0.2) is 54.7 Å². The maximum atomic E-state index is 12.1. The number of hydrogen-bond acceptors (Lipinski definition) is 5. The summed E-state index contributed by atoms with van der Waals surface area (Å²) in [6, 6.07) is 15.7. The van der Waals surface area contributed by atoms with E-state index in [1.165, 1.54) is 0 Å². The molecule has 0 aliphatic carbocycles. The van der Waals surface area contributed by atoms with Crippen LogP contribution in [0.5, 0.6) is 0 Å². The van der Waals surface area contributed by atoms with Crippen molar-refractivity contribution in [1.82, 2.24) is 0 Å². The lowest BCUT2D eigenvalue weighted by atomic mass is 10.1. The highest BCUT2D eigenvalue weighted by atomic mass is 16.7. The number of fused-ring (bicyclic) bond motifs is 1. The number of amides is 1. The smallest absolute Gasteiger partial charge is 0.257 e. The summed E-state index contributed by atoms with van der Waals surface area (Å²) in [5.41, 5.74) is 4.39. The van der Waals surface area contributed by atoms with Gasteiger partial charge in [-0.25, -0.2) is 0 Å². The van der Waals surface area contributed by atoms with Gasteiger partial charge in [0.1, 0.15) is 0 Å². The summed E-state index contributed by atoms with van der Waals surface area (Å²) in [7, 11) is 2.01. The second kappa shape index (κ2) is 7.19. The van der Waals surface area contributed by atoms with Crippen molar-refractivity contribution < 1.29 is 14.3 Å². The highest BCUT2D eigenvalue weighted by molar-refractivity contribution is 6.31. The topological polar surface area (TPSA) is 62.8 Å². The number of anilines is 3. The van der Waals surface area contributed by atoms with E-state index in [0.717, 1.165) is 22.6 Å². The monoisotopic (exact) mass is 351 g/mol. The second-order valence-electron chi connectivity index (χ2n) is 6.30. The molecule has 6 heteroatoms. The fraction of sp³-hybridized carbons (Fsp3) is 0.250. The standard InChI is InChI=1S/C20H21N3O3/c1-23(13-19-25-10-11-26-19)15-8-6-14(7-9-15)21-12-17-16-4-2-3-5-18(16)22-20(17)24/h2-9,12,19,21H,10-11,13H2,1H3,(H,22,24). The third kappa shape index (κ3) is 3.42. The van der Waals surface area contributed by atoms with E-state index in [-0.39, 0.29) is 12.2 Å². The molecule has 0 aromatic heterocycles. The van der Waals surface area contributed by atoms with E-state index in [1.807, 2.05) is 55.6 Å². The first-order valence-electron chi connectivity index (χ1n) is 8.62. The Labute approximate surface area is 152 Å². The van der Waals surface area contributed by atoms with Crippen LogP contribution in [-0.4, -0.2) is 39.0 Å². The molecule has 0 saturated carbocycles. The van der Waals surface area contributed by atoms with Crippen LogP contribution in [0.4, 0.5) is 17.1 Å². The number of nitrogens with one attached hydrogen (secondary N) is 2. The Hall–Kier alpha value is -2.83. The first-order chi connectivity index (χ1) is 12.7. The van der Waals surface area contributed by atoms with Crippen LogP contribution in [-0.2, 0) is 14.3 Å². The predicted molar refractivity (Wildman–Crippen MR) is 102 cm³/mol. The first-order valence-corrected chi connectivity index (χ1v) is 8.62. The van der Waals surface area contributed by atoms with Gasteiger partial charge in [-0.3, -0.25) is 4.79 Å². The maximum Gasteiger partial charge on any atom is 0.257 e. The normalized spacial score (nSPS) is 18.0. The van der Waals surface area contributed by atoms with Crippen LogP contribution in [0.3, 0.4) is 0 Å². The summed E-state index contributed by atoms with van der Waals surface area (Å²) >= 11 is 0. The second-order valence-corrected chi connectivity index (χ2v) is 6.30. The van der Waals surface area contributed by atoms with Crippen LogP contribution in [0.2, 0.25) is 0 Å². The molecule has 0 bridgehead atoms. The minimum absolute atomic E-state index is 0.0911. The van der Waals surface area contributed by atoms with E-state index >= 15 is 0 Å². The zero-order valence-corrected chi connectivity index (χ0v) is 14.6. The zero-order chi connectivity index (χ0) is 17.9. The molecular formula is C20H21N3O3. The Bertz CT molecular complexity index is 826. The molecular weight excluding hydrogens is 330 g/mol. The molecule has 2 aromatic carbocycles. The molecule has 2 aromatic rings. The SMILES string of the molecule is CN(CC1OCCO1)c1ccc(NC=C2C(=O)Nc3ccccc32)cc1. The van der Waals surface area contributed by atoms with Crippen molar-refractivity contribution in [2.45, 2.75) is 6.29 Å². The molecule has 0 spiro atoms. The van der Waals surface area contributed by atoms with Gasteiger partial charge in [0, 0.05) is 35.9 Å². The van der Waals surface area contributed by atoms with Crippen molar-refractivity contribution in [1.29, 1.82) is 0 Å². The number of carbonyl (C=O) groups is 1. The minimum atomic E-state index is -0.163. The Morgan fingerprint density at radius 1 is 1.15 bits per heavy atom. The quantitative estimate of drug-likeness (QED) is 0.811. The Morgan fingerprint density at radius 2 is 1.88 bits per heavy atom. The molecule has 6 nitrogen and oxygen atoms in total. The van der Waals surface area contributed by atoms with E-state index in [0.29, 0.717) is 25.3 Å². The summed E-state index contributed by atoms with van der Waals surface area (Å²) < 4.78 is 11.0. The van der Waals surface area contributed by atoms with E-state index in [1.54, 1.807) is 6.20 Å². The Balaban J connectivity index is 1.42. The van der Waals surface area contributed by atoms with Crippen LogP contribution in [0.25, 0.3) is 5.57 Å². The summed E-state index contributed by atoms with van der Waals surface area (Å²) in [4.78, 5) is 14.2. The van der Waals surface area contributed by atoms with Crippen molar-refractivity contribution in [3.05, 3.63) is 60.3 Å². The Kier molecular flexibility index (Phi) is 4.60. The van der Waals surface area contributed by atoms with Gasteiger partial charge in [-0.05, 0) is 30.3 Å². The highest BCUT2D eigenvalue weighted by Gasteiger charge is 2.23. The van der Waals surface area contributed by atoms with Crippen LogP contribution in [0.1, 0.15) is 5.56 Å². The highest BCUT2D eigenvalue weighted by Crippen LogP contribution is 2.31. The number of hydrogen-bond donors (Lipinski definition) is 2. The van der Waals surface area contributed by atoms with Crippen molar-refractivity contribution in [3.8, 4) is 0 Å². The van der Waals surface area contributed by atoms with Crippen LogP contribution in [0, 0.1) is 0 Å². The molecule has 4 rings (SSSR count). The van der Waals surface area contributed by atoms with Gasteiger partial charge in [-0.1, -0.05) is 18.2 Å². The number of carbonyl (C=O) groups excluding carboxylic acids is 1. The van der Waals surface area contributed by atoms with E-state index < -0.39 is 0 Å². The summed E-state index contributed by atoms with van der Waals surface area (Å²) in [5, 5.41) is 6.07. The number of likely N-dealkylation sites (N-methyl/N-ethyl adjacent to an activating group) is 1. The molecule has 2 aliphatic heterocycles. The van der Waals surface area contributed by atoms with Gasteiger partial charge in [0.15, 0.2) is 6.29 Å². The average molecular weight is 351 g/mol. The molecule has 0 atom stereocenters. The summed E-state index contributed by atoms with van der Waals surface area (Å²) in [5.74, 6) is -0.0911. The molecule has 2 aliphatic rings. The lowest BCUT2D eigenvalue weighted by molar-refractivity contribution is -0.110. The summed E-state index contributed by atoms with van der Waals surface area (Å²) in [6.07, 6.45) is 1.59. The lowest BCUT2D eigenvalue weighted by Gasteiger charge is -2.22. The molecule has 0 radical (unpaired) electrons. The molecule has 2 heterocycles. The van der Waals surface area contributed by atoms with Crippen LogP contribution >= 0.6 is 0 Å². The zero-order valence-electron chi connectivity index (χ0n) is 14.6. The molecule has 26 heavy (non-hydrogen) atoms. The van der Waals surface area contributed by atoms with E-state index in [2.05, 4.69) is 15.5 Å². The van der Waals surface area contributed by atoms with Crippen molar-refractivity contribution in [2.75, 3.05) is 42.3 Å². The van der Waals surface area contributed by atoms with Gasteiger partial charge in [-0.15, -0.1) is 0 Å². The van der Waals surface area contributed by atoms with E-state index in [9.17, 15) is 4.79 Å². The number of benzene rings is 2. The molecule has 1 fully saturated rings. The third-order valence-corrected chi connectivity index (χ3v) is 4.52. The van der Waals surface area contributed by atoms with Crippen LogP contribution < -0.4 is 15.5 Å². The minimum Gasteiger partial charge on any atom is -0.369 e. The molecule has 0 unspecified atom stereocenters. The average Bonchev–Trinajstić information content (AvgIpc) is 3.27. The number of para-hydroxylation sites is 1. The number of ether oxygens (including phenoxy) is 2. The predicted octanol–water partition coefficient (Wildman–Crippen LogP) is 2.90.